The summed E-state index contributed by atoms with van der Waals surface area (Å²) in [6, 6.07) is 10.8. The Kier molecular flexibility index (Phi) is 4.65. The molecule has 27 heavy (non-hydrogen) atoms. The Morgan fingerprint density at radius 2 is 1.93 bits per heavy atom. The van der Waals surface area contributed by atoms with Gasteiger partial charge in [0.25, 0.3) is 5.56 Å². The van der Waals surface area contributed by atoms with E-state index in [1.165, 1.54) is 6.07 Å². The van der Waals surface area contributed by atoms with Crippen LogP contribution in [0, 0.1) is 0 Å². The van der Waals surface area contributed by atoms with Crippen LogP contribution >= 0.6 is 0 Å². The lowest BCUT2D eigenvalue weighted by Crippen LogP contribution is -2.51. The first-order chi connectivity index (χ1) is 13.0. The highest BCUT2D eigenvalue weighted by molar-refractivity contribution is 5.83. The number of amides is 1. The highest BCUT2D eigenvalue weighted by atomic mass is 16.2. The predicted octanol–water partition coefficient (Wildman–Crippen LogP) is -0.741. The number of nitrogens with zero attached hydrogens (tertiary/aromatic N) is 1. The van der Waals surface area contributed by atoms with Crippen molar-refractivity contribution in [3.8, 4) is 0 Å². The number of carbonyl (C=O) groups excluding carboxylic acids is 1. The van der Waals surface area contributed by atoms with E-state index in [9.17, 15) is 9.59 Å². The first-order valence-electron chi connectivity index (χ1n) is 9.00. The van der Waals surface area contributed by atoms with Crippen LogP contribution in [0.1, 0.15) is 35.9 Å². The van der Waals surface area contributed by atoms with Gasteiger partial charge in [0.2, 0.25) is 11.9 Å². The van der Waals surface area contributed by atoms with Crippen LogP contribution in [0.2, 0.25) is 0 Å². The summed E-state index contributed by atoms with van der Waals surface area (Å²) in [5, 5.41) is 3.07. The van der Waals surface area contributed by atoms with E-state index in [4.69, 9.17) is 11.5 Å². The summed E-state index contributed by atoms with van der Waals surface area (Å²) in [5.41, 5.74) is 19.1. The molecule has 3 unspecified atom stereocenters. The molecule has 3 atom stereocenters. The highest BCUT2D eigenvalue weighted by Gasteiger charge is 2.41. The van der Waals surface area contributed by atoms with Crippen LogP contribution in [0.5, 0.6) is 0 Å². The Morgan fingerprint density at radius 3 is 2.63 bits per heavy atom. The highest BCUT2D eigenvalue weighted by Crippen LogP contribution is 2.36. The molecule has 0 radical (unpaired) electrons. The summed E-state index contributed by atoms with van der Waals surface area (Å²) in [6.07, 6.45) is 1.11. The van der Waals surface area contributed by atoms with E-state index in [-0.39, 0.29) is 41.5 Å². The fraction of sp³-hybridized carbons (Fsp3) is 0.389. The zero-order valence-corrected chi connectivity index (χ0v) is 14.7. The SMILES string of the molecule is Nc1nc(C2CC(NC(=O)C3NNC(N)C3c3ccccc3)C2)cc(=O)[nH]1. The van der Waals surface area contributed by atoms with Gasteiger partial charge in [-0.25, -0.2) is 15.8 Å². The molecule has 1 aromatic carbocycles. The predicted molar refractivity (Wildman–Crippen MR) is 100 cm³/mol. The van der Waals surface area contributed by atoms with E-state index in [1.54, 1.807) is 0 Å². The number of carbonyl (C=O) groups is 1. The number of nitrogens with two attached hydrogens (primary N) is 2. The third-order valence-corrected chi connectivity index (χ3v) is 5.30. The summed E-state index contributed by atoms with van der Waals surface area (Å²) in [6.45, 7) is 0. The summed E-state index contributed by atoms with van der Waals surface area (Å²) in [5.74, 6) is -0.00463. The number of benzene rings is 1. The number of hydrogen-bond acceptors (Lipinski definition) is 7. The van der Waals surface area contributed by atoms with Gasteiger partial charge in [-0.3, -0.25) is 14.6 Å². The number of rotatable bonds is 4. The third-order valence-electron chi connectivity index (χ3n) is 5.30. The molecule has 0 bridgehead atoms. The van der Waals surface area contributed by atoms with Gasteiger partial charge >= 0.3 is 0 Å². The van der Waals surface area contributed by atoms with Crippen molar-refractivity contribution in [3.63, 3.8) is 0 Å². The van der Waals surface area contributed by atoms with Crippen molar-refractivity contribution < 1.29 is 4.79 Å². The second kappa shape index (κ2) is 7.10. The Hall–Kier alpha value is -2.75. The van der Waals surface area contributed by atoms with E-state index in [1.807, 2.05) is 30.3 Å². The topological polar surface area (TPSA) is 151 Å². The maximum absolute atomic E-state index is 12.8. The minimum Gasteiger partial charge on any atom is -0.369 e. The number of nitrogens with one attached hydrogen (secondary N) is 4. The molecule has 1 aliphatic carbocycles. The monoisotopic (exact) mass is 369 g/mol. The van der Waals surface area contributed by atoms with Crippen molar-refractivity contribution in [2.75, 3.05) is 5.73 Å². The van der Waals surface area contributed by atoms with Gasteiger partial charge in [-0.1, -0.05) is 30.3 Å². The molecule has 9 nitrogen and oxygen atoms in total. The molecule has 1 aliphatic heterocycles. The number of hydrogen-bond donors (Lipinski definition) is 6. The van der Waals surface area contributed by atoms with E-state index in [0.29, 0.717) is 5.69 Å². The van der Waals surface area contributed by atoms with Gasteiger partial charge in [-0.05, 0) is 18.4 Å². The van der Waals surface area contributed by atoms with Crippen LogP contribution in [-0.4, -0.2) is 34.1 Å². The quantitative estimate of drug-likeness (QED) is 0.415. The molecule has 4 rings (SSSR count). The maximum Gasteiger partial charge on any atom is 0.252 e. The lowest BCUT2D eigenvalue weighted by atomic mass is 9.77. The average molecular weight is 369 g/mol. The van der Waals surface area contributed by atoms with Crippen molar-refractivity contribution in [2.45, 2.75) is 42.9 Å². The molecule has 1 saturated carbocycles. The van der Waals surface area contributed by atoms with E-state index in [0.717, 1.165) is 18.4 Å². The molecule has 9 heteroatoms. The summed E-state index contributed by atoms with van der Waals surface area (Å²) in [7, 11) is 0. The fourth-order valence-corrected chi connectivity index (χ4v) is 3.85. The zero-order chi connectivity index (χ0) is 19.0. The van der Waals surface area contributed by atoms with Gasteiger partial charge < -0.3 is 16.8 Å². The minimum atomic E-state index is -0.449. The molecule has 2 aromatic rings. The molecule has 1 aromatic heterocycles. The lowest BCUT2D eigenvalue weighted by Gasteiger charge is -2.36. The van der Waals surface area contributed by atoms with Crippen molar-refractivity contribution in [1.82, 2.24) is 26.1 Å². The van der Waals surface area contributed by atoms with E-state index in [2.05, 4.69) is 26.1 Å². The van der Waals surface area contributed by atoms with Crippen molar-refractivity contribution in [3.05, 3.63) is 58.0 Å². The van der Waals surface area contributed by atoms with Crippen LogP contribution in [0.15, 0.2) is 41.2 Å². The van der Waals surface area contributed by atoms with Crippen LogP contribution in [0.3, 0.4) is 0 Å². The lowest BCUT2D eigenvalue weighted by molar-refractivity contribution is -0.124. The standard InChI is InChI=1S/C18H23N7O2/c19-16-14(9-4-2-1-3-5-9)15(24-25-16)17(27)21-11-6-10(7-11)12-8-13(26)23-18(20)22-12/h1-5,8,10-11,14-16,24-25H,6-7,19H2,(H,21,27)(H3,20,22,23,26). The number of H-pyrrole nitrogens is 1. The van der Waals surface area contributed by atoms with Crippen LogP contribution in [-0.2, 0) is 4.79 Å². The number of nitrogen functional groups attached to an aromatic ring is 1. The number of anilines is 1. The Morgan fingerprint density at radius 1 is 1.19 bits per heavy atom. The van der Waals surface area contributed by atoms with Crippen molar-refractivity contribution in [2.24, 2.45) is 5.73 Å². The first kappa shape index (κ1) is 17.7. The molecule has 0 spiro atoms. The van der Waals surface area contributed by atoms with Crippen molar-refractivity contribution >= 4 is 11.9 Å². The molecular weight excluding hydrogens is 346 g/mol. The Balaban J connectivity index is 1.38. The van der Waals surface area contributed by atoms with Crippen LogP contribution < -0.4 is 33.2 Å². The average Bonchev–Trinajstić information content (AvgIpc) is 2.99. The third kappa shape index (κ3) is 3.57. The molecule has 2 fully saturated rings. The van der Waals surface area contributed by atoms with Gasteiger partial charge in [-0.15, -0.1) is 0 Å². The number of aromatic amines is 1. The van der Waals surface area contributed by atoms with Crippen LogP contribution in [0.4, 0.5) is 5.95 Å². The van der Waals surface area contributed by atoms with E-state index < -0.39 is 6.04 Å². The van der Waals surface area contributed by atoms with E-state index >= 15 is 0 Å². The number of hydrazine groups is 1. The molecular formula is C18H23N7O2. The van der Waals surface area contributed by atoms with Gasteiger partial charge in [0.1, 0.15) is 6.04 Å². The largest absolute Gasteiger partial charge is 0.369 e. The minimum absolute atomic E-state index is 0.0415. The first-order valence-corrected chi connectivity index (χ1v) is 9.00. The molecule has 142 valence electrons. The van der Waals surface area contributed by atoms with Gasteiger partial charge in [0, 0.05) is 23.9 Å². The summed E-state index contributed by atoms with van der Waals surface area (Å²) in [4.78, 5) is 30.9. The maximum atomic E-state index is 12.8. The second-order valence-corrected chi connectivity index (χ2v) is 7.16. The van der Waals surface area contributed by atoms with Gasteiger partial charge in [-0.2, -0.15) is 0 Å². The molecule has 2 aliphatic rings. The Labute approximate surface area is 155 Å². The van der Waals surface area contributed by atoms with Crippen LogP contribution in [0.25, 0.3) is 0 Å². The normalized spacial score (nSPS) is 29.9. The smallest absolute Gasteiger partial charge is 0.252 e. The Bertz CT molecular complexity index is 879. The summed E-state index contributed by atoms with van der Waals surface area (Å²) >= 11 is 0. The molecule has 1 amide bonds. The number of aromatic nitrogens is 2. The van der Waals surface area contributed by atoms with Crippen molar-refractivity contribution in [1.29, 1.82) is 0 Å². The molecule has 2 heterocycles. The van der Waals surface area contributed by atoms with Gasteiger partial charge in [0.15, 0.2) is 0 Å². The molecule has 8 N–H and O–H groups in total. The fourth-order valence-electron chi connectivity index (χ4n) is 3.85. The van der Waals surface area contributed by atoms with Gasteiger partial charge in [0.05, 0.1) is 11.9 Å². The molecule has 1 saturated heterocycles. The zero-order valence-electron chi connectivity index (χ0n) is 14.7. The second-order valence-electron chi connectivity index (χ2n) is 7.16. The summed E-state index contributed by atoms with van der Waals surface area (Å²) < 4.78 is 0.